The second kappa shape index (κ2) is 7.57. The monoisotopic (exact) mass is 321 g/mol. The summed E-state index contributed by atoms with van der Waals surface area (Å²) >= 11 is 0. The summed E-state index contributed by atoms with van der Waals surface area (Å²) in [6.07, 6.45) is 0.191. The Morgan fingerprint density at radius 3 is 2.74 bits per heavy atom. The number of likely N-dealkylation sites (tertiary alicyclic amines) is 1. The molecule has 0 saturated carbocycles. The van der Waals surface area contributed by atoms with Crippen LogP contribution in [0.25, 0.3) is 0 Å². The van der Waals surface area contributed by atoms with Gasteiger partial charge < -0.3 is 15.0 Å². The maximum Gasteiger partial charge on any atom is 0.311 e. The van der Waals surface area contributed by atoms with E-state index in [9.17, 15) is 19.7 Å². The number of anilines is 1. The quantitative estimate of drug-likeness (QED) is 0.463. The summed E-state index contributed by atoms with van der Waals surface area (Å²) in [5.41, 5.74) is 0.770. The number of hydrogen-bond donors (Lipinski definition) is 1. The first kappa shape index (κ1) is 16.7. The Morgan fingerprint density at radius 1 is 1.43 bits per heavy atom. The van der Waals surface area contributed by atoms with Crippen molar-refractivity contribution < 1.29 is 19.2 Å². The van der Waals surface area contributed by atoms with Crippen LogP contribution >= 0.6 is 0 Å². The predicted octanol–water partition coefficient (Wildman–Crippen LogP) is 1.42. The molecular formula is C15H19N3O5. The molecule has 1 aliphatic heterocycles. The molecule has 1 aliphatic rings. The second-order valence-electron chi connectivity index (χ2n) is 5.22. The Morgan fingerprint density at radius 2 is 2.13 bits per heavy atom. The first-order valence-corrected chi connectivity index (χ1v) is 7.44. The predicted molar refractivity (Wildman–Crippen MR) is 82.9 cm³/mol. The number of ether oxygens (including phenoxy) is 1. The number of carbonyl (C=O) groups excluding carboxylic acids is 2. The molecule has 1 heterocycles. The number of nitrogens with one attached hydrogen (secondary N) is 1. The van der Waals surface area contributed by atoms with Crippen molar-refractivity contribution in [2.45, 2.75) is 13.3 Å². The van der Waals surface area contributed by atoms with Gasteiger partial charge >= 0.3 is 5.97 Å². The molecule has 1 N–H and O–H groups in total. The molecule has 1 unspecified atom stereocenters. The van der Waals surface area contributed by atoms with Crippen molar-refractivity contribution in [1.82, 2.24) is 4.90 Å². The largest absolute Gasteiger partial charge is 0.466 e. The number of hydrogen-bond acceptors (Lipinski definition) is 6. The van der Waals surface area contributed by atoms with E-state index in [-0.39, 0.29) is 29.9 Å². The summed E-state index contributed by atoms with van der Waals surface area (Å²) in [6.45, 7) is 3.39. The molecule has 2 rings (SSSR count). The molecule has 1 aromatic rings. The van der Waals surface area contributed by atoms with Gasteiger partial charge in [-0.15, -0.1) is 0 Å². The van der Waals surface area contributed by atoms with Gasteiger partial charge in [0.15, 0.2) is 0 Å². The third kappa shape index (κ3) is 4.41. The molecular weight excluding hydrogens is 302 g/mol. The fourth-order valence-electron chi connectivity index (χ4n) is 2.44. The van der Waals surface area contributed by atoms with E-state index in [4.69, 9.17) is 4.74 Å². The zero-order valence-corrected chi connectivity index (χ0v) is 12.9. The molecule has 0 bridgehead atoms. The molecule has 1 aromatic carbocycles. The summed E-state index contributed by atoms with van der Waals surface area (Å²) in [5, 5.41) is 13.7. The zero-order chi connectivity index (χ0) is 16.8. The Bertz CT molecular complexity index is 587. The normalized spacial score (nSPS) is 17.2. The molecule has 1 atom stereocenters. The summed E-state index contributed by atoms with van der Waals surface area (Å²) in [5.74, 6) is -0.776. The van der Waals surface area contributed by atoms with Crippen molar-refractivity contribution in [2.24, 2.45) is 5.92 Å². The second-order valence-corrected chi connectivity index (χ2v) is 5.22. The minimum atomic E-state index is -0.456. The van der Waals surface area contributed by atoms with E-state index >= 15 is 0 Å². The van der Waals surface area contributed by atoms with E-state index in [0.717, 1.165) is 5.69 Å². The molecule has 0 aliphatic carbocycles. The van der Waals surface area contributed by atoms with Gasteiger partial charge in [-0.05, 0) is 19.1 Å². The van der Waals surface area contributed by atoms with E-state index in [0.29, 0.717) is 26.2 Å². The minimum absolute atomic E-state index is 0.0301. The van der Waals surface area contributed by atoms with E-state index in [1.54, 1.807) is 24.0 Å². The highest BCUT2D eigenvalue weighted by Gasteiger charge is 2.34. The van der Waals surface area contributed by atoms with Crippen LogP contribution in [0.5, 0.6) is 0 Å². The Kier molecular flexibility index (Phi) is 5.51. The number of benzene rings is 1. The van der Waals surface area contributed by atoms with Gasteiger partial charge in [0.2, 0.25) is 5.91 Å². The molecule has 0 aromatic heterocycles. The van der Waals surface area contributed by atoms with Crippen LogP contribution in [-0.4, -0.2) is 47.9 Å². The molecule has 124 valence electrons. The topological polar surface area (TPSA) is 102 Å². The Balaban J connectivity index is 1.79. The Hall–Kier alpha value is -2.64. The Labute approximate surface area is 133 Å². The van der Waals surface area contributed by atoms with Crippen LogP contribution in [0, 0.1) is 16.0 Å². The first-order valence-electron chi connectivity index (χ1n) is 7.44. The number of esters is 1. The summed E-state index contributed by atoms with van der Waals surface area (Å²) in [4.78, 5) is 35.3. The van der Waals surface area contributed by atoms with Crippen molar-refractivity contribution in [1.29, 1.82) is 0 Å². The number of nitrogens with zero attached hydrogens (tertiary/aromatic N) is 2. The van der Waals surface area contributed by atoms with Crippen molar-refractivity contribution in [3.8, 4) is 0 Å². The summed E-state index contributed by atoms with van der Waals surface area (Å²) < 4.78 is 4.94. The number of non-ortho nitro benzene ring substituents is 1. The smallest absolute Gasteiger partial charge is 0.311 e. The lowest BCUT2D eigenvalue weighted by Crippen LogP contribution is -2.31. The molecule has 23 heavy (non-hydrogen) atoms. The van der Waals surface area contributed by atoms with Gasteiger partial charge in [-0.3, -0.25) is 19.7 Å². The minimum Gasteiger partial charge on any atom is -0.466 e. The molecule has 1 amide bonds. The highest BCUT2D eigenvalue weighted by Crippen LogP contribution is 2.19. The van der Waals surface area contributed by atoms with Crippen molar-refractivity contribution >= 4 is 23.3 Å². The number of carbonyl (C=O) groups is 2. The highest BCUT2D eigenvalue weighted by atomic mass is 16.6. The van der Waals surface area contributed by atoms with Gasteiger partial charge in [0.25, 0.3) is 5.69 Å². The molecule has 8 nitrogen and oxygen atoms in total. The number of nitro benzene ring substituents is 1. The van der Waals surface area contributed by atoms with Crippen LogP contribution in [0.1, 0.15) is 13.3 Å². The number of amides is 1. The van der Waals surface area contributed by atoms with Gasteiger partial charge in [0.05, 0.1) is 17.4 Å². The SMILES string of the molecule is CCOC(=O)C1CC(=O)N(CCNc2ccc([N+](=O)[O-])cc2)C1. The van der Waals surface area contributed by atoms with E-state index in [1.165, 1.54) is 12.1 Å². The van der Waals surface area contributed by atoms with Gasteiger partial charge in [0.1, 0.15) is 0 Å². The highest BCUT2D eigenvalue weighted by molar-refractivity contribution is 5.86. The lowest BCUT2D eigenvalue weighted by atomic mass is 10.1. The maximum atomic E-state index is 11.9. The fraction of sp³-hybridized carbons (Fsp3) is 0.467. The molecule has 0 spiro atoms. The molecule has 1 fully saturated rings. The third-order valence-corrected chi connectivity index (χ3v) is 3.62. The van der Waals surface area contributed by atoms with E-state index in [2.05, 4.69) is 5.32 Å². The number of rotatable bonds is 7. The van der Waals surface area contributed by atoms with Crippen LogP contribution in [-0.2, 0) is 14.3 Å². The van der Waals surface area contributed by atoms with E-state index < -0.39 is 4.92 Å². The zero-order valence-electron chi connectivity index (χ0n) is 12.9. The fourth-order valence-corrected chi connectivity index (χ4v) is 2.44. The average Bonchev–Trinajstić information content (AvgIpc) is 2.89. The van der Waals surface area contributed by atoms with Crippen molar-refractivity contribution in [3.63, 3.8) is 0 Å². The van der Waals surface area contributed by atoms with Crippen LogP contribution < -0.4 is 5.32 Å². The average molecular weight is 321 g/mol. The van der Waals surface area contributed by atoms with Gasteiger partial charge in [-0.25, -0.2) is 0 Å². The van der Waals surface area contributed by atoms with E-state index in [1.807, 2.05) is 0 Å². The van der Waals surface area contributed by atoms with Gasteiger partial charge in [-0.1, -0.05) is 0 Å². The molecule has 8 heteroatoms. The summed E-state index contributed by atoms with van der Waals surface area (Å²) in [6, 6.07) is 6.07. The lowest BCUT2D eigenvalue weighted by Gasteiger charge is -2.17. The standard InChI is InChI=1S/C15H19N3O5/c1-2-23-15(20)11-9-14(19)17(10-11)8-7-16-12-3-5-13(6-4-12)18(21)22/h3-6,11,16H,2,7-10H2,1H3. The van der Waals surface area contributed by atoms with Crippen LogP contribution in [0.3, 0.4) is 0 Å². The van der Waals surface area contributed by atoms with Gasteiger partial charge in [-0.2, -0.15) is 0 Å². The molecule has 1 saturated heterocycles. The third-order valence-electron chi connectivity index (χ3n) is 3.62. The summed E-state index contributed by atoms with van der Waals surface area (Å²) in [7, 11) is 0. The molecule has 0 radical (unpaired) electrons. The lowest BCUT2D eigenvalue weighted by molar-refractivity contribution is -0.384. The van der Waals surface area contributed by atoms with Crippen molar-refractivity contribution in [3.05, 3.63) is 34.4 Å². The van der Waals surface area contributed by atoms with Crippen LogP contribution in [0.4, 0.5) is 11.4 Å². The van der Waals surface area contributed by atoms with Crippen LogP contribution in [0.15, 0.2) is 24.3 Å². The van der Waals surface area contributed by atoms with Gasteiger partial charge in [0, 0.05) is 43.9 Å². The maximum absolute atomic E-state index is 11.9. The first-order chi connectivity index (χ1) is 11.0. The van der Waals surface area contributed by atoms with Crippen LogP contribution in [0.2, 0.25) is 0 Å². The van der Waals surface area contributed by atoms with Crippen molar-refractivity contribution in [2.75, 3.05) is 31.6 Å². The number of nitro groups is 1.